The van der Waals surface area contributed by atoms with Crippen LogP contribution in [0.4, 0.5) is 17.3 Å². The fourth-order valence-electron chi connectivity index (χ4n) is 1.95. The minimum absolute atomic E-state index is 0.0397. The van der Waals surface area contributed by atoms with Crippen LogP contribution in [0.3, 0.4) is 0 Å². The van der Waals surface area contributed by atoms with Crippen LogP contribution in [0, 0.1) is 0 Å². The van der Waals surface area contributed by atoms with E-state index in [1.165, 1.54) is 18.9 Å². The summed E-state index contributed by atoms with van der Waals surface area (Å²) in [6.07, 6.45) is 2.35. The second-order valence-electron chi connectivity index (χ2n) is 4.74. The maximum Gasteiger partial charge on any atom is 0.271 e. The fourth-order valence-corrected chi connectivity index (χ4v) is 1.95. The van der Waals surface area contributed by atoms with Crippen LogP contribution in [0.15, 0.2) is 24.3 Å². The van der Waals surface area contributed by atoms with E-state index in [2.05, 4.69) is 20.5 Å². The number of nitrogens with two attached hydrogens (primary N) is 2. The Morgan fingerprint density at radius 2 is 2.10 bits per heavy atom. The quantitative estimate of drug-likeness (QED) is 0.767. The highest BCUT2D eigenvalue weighted by Gasteiger charge is 2.25. The molecule has 3 rings (SSSR count). The van der Waals surface area contributed by atoms with Crippen LogP contribution in [-0.2, 0) is 0 Å². The van der Waals surface area contributed by atoms with Crippen LogP contribution in [0.1, 0.15) is 34.9 Å². The van der Waals surface area contributed by atoms with Crippen LogP contribution in [-0.4, -0.2) is 21.1 Å². The molecule has 5 N–H and O–H groups in total. The van der Waals surface area contributed by atoms with Crippen molar-refractivity contribution in [3.63, 3.8) is 0 Å². The number of amides is 1. The lowest BCUT2D eigenvalue weighted by Gasteiger charge is -2.09. The second kappa shape index (κ2) is 4.76. The van der Waals surface area contributed by atoms with Gasteiger partial charge in [-0.2, -0.15) is 0 Å². The normalized spacial score (nSPS) is 14.0. The summed E-state index contributed by atoms with van der Waals surface area (Å²) in [6.45, 7) is 0. The summed E-state index contributed by atoms with van der Waals surface area (Å²) >= 11 is 0. The molecule has 7 heteroatoms. The number of hydrogen-bond acceptors (Lipinski definition) is 6. The van der Waals surface area contributed by atoms with Crippen molar-refractivity contribution in [2.45, 2.75) is 18.8 Å². The molecule has 0 aromatic carbocycles. The highest BCUT2D eigenvalue weighted by atomic mass is 16.1. The zero-order valence-electron chi connectivity index (χ0n) is 10.7. The molecule has 0 aliphatic heterocycles. The van der Waals surface area contributed by atoms with Gasteiger partial charge in [-0.1, -0.05) is 6.07 Å². The van der Waals surface area contributed by atoms with Crippen LogP contribution < -0.4 is 16.8 Å². The van der Waals surface area contributed by atoms with E-state index in [-0.39, 0.29) is 11.5 Å². The average molecular weight is 270 g/mol. The Hall–Kier alpha value is -2.70. The SMILES string of the molecule is NC(=O)c1nnc(N)cc1Nc1cccc(C2CC2)n1. The molecule has 0 spiro atoms. The topological polar surface area (TPSA) is 120 Å². The Balaban J connectivity index is 1.92. The largest absolute Gasteiger partial charge is 0.382 e. The van der Waals surface area contributed by atoms with Crippen molar-refractivity contribution in [1.29, 1.82) is 0 Å². The number of rotatable bonds is 4. The minimum atomic E-state index is -0.668. The zero-order chi connectivity index (χ0) is 14.1. The molecule has 0 bridgehead atoms. The van der Waals surface area contributed by atoms with Gasteiger partial charge in [-0.05, 0) is 25.0 Å². The first-order chi connectivity index (χ1) is 9.63. The molecular formula is C13H14N6O. The molecule has 1 saturated carbocycles. The number of primary amides is 1. The van der Waals surface area contributed by atoms with Crippen molar-refractivity contribution in [1.82, 2.24) is 15.2 Å². The van der Waals surface area contributed by atoms with Crippen molar-refractivity contribution in [3.05, 3.63) is 35.7 Å². The molecule has 1 amide bonds. The smallest absolute Gasteiger partial charge is 0.271 e. The Kier molecular flexibility index (Phi) is 2.94. The average Bonchev–Trinajstić information content (AvgIpc) is 3.23. The van der Waals surface area contributed by atoms with Gasteiger partial charge in [0.25, 0.3) is 5.91 Å². The molecule has 2 aromatic rings. The summed E-state index contributed by atoms with van der Waals surface area (Å²) in [5, 5.41) is 10.4. The third kappa shape index (κ3) is 2.51. The molecule has 2 heterocycles. The molecule has 102 valence electrons. The third-order valence-electron chi connectivity index (χ3n) is 3.08. The van der Waals surface area contributed by atoms with Crippen LogP contribution in [0.25, 0.3) is 0 Å². The van der Waals surface area contributed by atoms with Gasteiger partial charge in [0.05, 0.1) is 5.69 Å². The molecule has 0 saturated heterocycles. The van der Waals surface area contributed by atoms with E-state index in [1.54, 1.807) is 0 Å². The number of nitrogen functional groups attached to an aromatic ring is 1. The summed E-state index contributed by atoms with van der Waals surface area (Å²) in [6, 6.07) is 7.24. The summed E-state index contributed by atoms with van der Waals surface area (Å²) in [4.78, 5) is 15.8. The maximum atomic E-state index is 11.3. The summed E-state index contributed by atoms with van der Waals surface area (Å²) in [7, 11) is 0. The third-order valence-corrected chi connectivity index (χ3v) is 3.08. The van der Waals surface area contributed by atoms with Gasteiger partial charge in [0, 0.05) is 17.7 Å². The minimum Gasteiger partial charge on any atom is -0.382 e. The second-order valence-corrected chi connectivity index (χ2v) is 4.74. The number of aromatic nitrogens is 3. The predicted octanol–water partition coefficient (Wildman–Crippen LogP) is 1.17. The van der Waals surface area contributed by atoms with Gasteiger partial charge >= 0.3 is 0 Å². The summed E-state index contributed by atoms with van der Waals surface area (Å²) in [5.74, 6) is 0.714. The van der Waals surface area contributed by atoms with Crippen molar-refractivity contribution < 1.29 is 4.79 Å². The van der Waals surface area contributed by atoms with Gasteiger partial charge in [0.2, 0.25) is 0 Å². The number of anilines is 3. The highest BCUT2D eigenvalue weighted by Crippen LogP contribution is 2.39. The fraction of sp³-hybridized carbons (Fsp3) is 0.231. The van der Waals surface area contributed by atoms with E-state index in [0.717, 1.165) is 5.69 Å². The van der Waals surface area contributed by atoms with Crippen LogP contribution in [0.2, 0.25) is 0 Å². The highest BCUT2D eigenvalue weighted by molar-refractivity contribution is 5.97. The van der Waals surface area contributed by atoms with Crippen LogP contribution >= 0.6 is 0 Å². The lowest BCUT2D eigenvalue weighted by molar-refractivity contribution is 0.0995. The first kappa shape index (κ1) is 12.3. The van der Waals surface area contributed by atoms with Gasteiger partial charge in [-0.25, -0.2) is 4.98 Å². The molecule has 20 heavy (non-hydrogen) atoms. The number of carbonyl (C=O) groups excluding carboxylic acids is 1. The van der Waals surface area contributed by atoms with E-state index in [9.17, 15) is 4.79 Å². The van der Waals surface area contributed by atoms with Crippen molar-refractivity contribution in [3.8, 4) is 0 Å². The van der Waals surface area contributed by atoms with Gasteiger partial charge in [-0.3, -0.25) is 4.79 Å². The molecule has 0 radical (unpaired) electrons. The van der Waals surface area contributed by atoms with E-state index < -0.39 is 5.91 Å². The lowest BCUT2D eigenvalue weighted by Crippen LogP contribution is -2.17. The molecule has 1 aliphatic carbocycles. The Bertz CT molecular complexity index is 668. The maximum absolute atomic E-state index is 11.3. The van der Waals surface area contributed by atoms with E-state index in [1.807, 2.05) is 18.2 Å². The number of hydrogen-bond donors (Lipinski definition) is 3. The number of pyridine rings is 1. The number of nitrogens with one attached hydrogen (secondary N) is 1. The Morgan fingerprint density at radius 3 is 2.80 bits per heavy atom. The van der Waals surface area contributed by atoms with Crippen LogP contribution in [0.5, 0.6) is 0 Å². The summed E-state index contributed by atoms with van der Waals surface area (Å²) in [5.41, 5.74) is 12.3. The van der Waals surface area contributed by atoms with E-state index in [4.69, 9.17) is 11.5 Å². The van der Waals surface area contributed by atoms with Gasteiger partial charge < -0.3 is 16.8 Å². The predicted molar refractivity (Wildman–Crippen MR) is 74.5 cm³/mol. The molecule has 1 fully saturated rings. The van der Waals surface area contributed by atoms with E-state index in [0.29, 0.717) is 17.4 Å². The Morgan fingerprint density at radius 1 is 1.30 bits per heavy atom. The summed E-state index contributed by atoms with van der Waals surface area (Å²) < 4.78 is 0. The standard InChI is InChI=1S/C13H14N6O/c14-10-6-9(12(13(15)20)19-18-10)17-11-3-1-2-8(16-11)7-4-5-7/h1-3,6-7H,4-5H2,(H2,15,20)(H3,14,16,17,18). The number of nitrogens with zero attached hydrogens (tertiary/aromatic N) is 3. The molecule has 0 atom stereocenters. The lowest BCUT2D eigenvalue weighted by atomic mass is 10.2. The van der Waals surface area contributed by atoms with Crippen molar-refractivity contribution in [2.24, 2.45) is 5.73 Å². The zero-order valence-corrected chi connectivity index (χ0v) is 10.7. The molecule has 2 aromatic heterocycles. The van der Waals surface area contributed by atoms with E-state index >= 15 is 0 Å². The van der Waals surface area contributed by atoms with Crippen molar-refractivity contribution >= 4 is 23.2 Å². The van der Waals surface area contributed by atoms with Gasteiger partial charge in [0.15, 0.2) is 5.69 Å². The van der Waals surface area contributed by atoms with Crippen molar-refractivity contribution in [2.75, 3.05) is 11.1 Å². The molecule has 7 nitrogen and oxygen atoms in total. The first-order valence-electron chi connectivity index (χ1n) is 6.30. The monoisotopic (exact) mass is 270 g/mol. The van der Waals surface area contributed by atoms with Gasteiger partial charge in [-0.15, -0.1) is 10.2 Å². The number of carbonyl (C=O) groups is 1. The Labute approximate surface area is 115 Å². The van der Waals surface area contributed by atoms with Gasteiger partial charge in [0.1, 0.15) is 11.6 Å². The molecule has 1 aliphatic rings. The molecule has 0 unspecified atom stereocenters. The molecular weight excluding hydrogens is 256 g/mol. The first-order valence-corrected chi connectivity index (χ1v) is 6.30.